The second-order valence-corrected chi connectivity index (χ2v) is 9.68. The lowest BCUT2D eigenvalue weighted by Gasteiger charge is -2.33. The lowest BCUT2D eigenvalue weighted by Crippen LogP contribution is -2.44. The van der Waals surface area contributed by atoms with Gasteiger partial charge in [0.15, 0.2) is 0 Å². The van der Waals surface area contributed by atoms with Gasteiger partial charge in [-0.3, -0.25) is 9.69 Å². The van der Waals surface area contributed by atoms with Crippen LogP contribution in [0.1, 0.15) is 54.8 Å². The molecule has 0 bridgehead atoms. The van der Waals surface area contributed by atoms with Gasteiger partial charge in [-0.05, 0) is 63.4 Å². The molecule has 2 aromatic rings. The normalized spacial score (nSPS) is 20.1. The number of hydrogen-bond donors (Lipinski definition) is 1. The Bertz CT molecular complexity index is 821. The van der Waals surface area contributed by atoms with Crippen LogP contribution < -0.4 is 5.32 Å². The van der Waals surface area contributed by atoms with Crippen molar-refractivity contribution in [2.24, 2.45) is 5.92 Å². The fraction of sp³-hybridized carbons (Fsp3) is 0.565. The highest BCUT2D eigenvalue weighted by Gasteiger charge is 2.36. The molecule has 6 heteroatoms. The lowest BCUT2D eigenvalue weighted by atomic mass is 9.78. The van der Waals surface area contributed by atoms with E-state index in [0.29, 0.717) is 6.54 Å². The van der Waals surface area contributed by atoms with Crippen LogP contribution >= 0.6 is 11.3 Å². The molecular formula is C23H30FN3OS. The number of rotatable bonds is 6. The van der Waals surface area contributed by atoms with E-state index in [1.54, 1.807) is 11.3 Å². The largest absolute Gasteiger partial charge is 0.355 e. The van der Waals surface area contributed by atoms with Crippen molar-refractivity contribution >= 4 is 17.2 Å². The van der Waals surface area contributed by atoms with Gasteiger partial charge >= 0.3 is 0 Å². The topological polar surface area (TPSA) is 45.2 Å². The maximum absolute atomic E-state index is 13.3. The molecule has 1 aromatic carbocycles. The van der Waals surface area contributed by atoms with E-state index in [0.717, 1.165) is 61.6 Å². The number of aryl methyl sites for hydroxylation is 1. The first kappa shape index (κ1) is 20.5. The molecule has 0 spiro atoms. The molecule has 1 amide bonds. The Morgan fingerprint density at radius 3 is 2.55 bits per heavy atom. The third-order valence-corrected chi connectivity index (χ3v) is 7.45. The highest BCUT2D eigenvalue weighted by Crippen LogP contribution is 2.40. The van der Waals surface area contributed by atoms with Gasteiger partial charge in [-0.1, -0.05) is 25.0 Å². The highest BCUT2D eigenvalue weighted by molar-refractivity contribution is 7.09. The van der Waals surface area contributed by atoms with Crippen LogP contribution in [-0.4, -0.2) is 35.4 Å². The van der Waals surface area contributed by atoms with E-state index >= 15 is 0 Å². The third kappa shape index (κ3) is 4.86. The molecule has 4 rings (SSSR count). The Kier molecular flexibility index (Phi) is 6.30. The van der Waals surface area contributed by atoms with Crippen molar-refractivity contribution in [3.05, 3.63) is 51.7 Å². The minimum absolute atomic E-state index is 0.0352. The number of carbonyl (C=O) groups is 1. The number of aromatic nitrogens is 1. The van der Waals surface area contributed by atoms with E-state index in [4.69, 9.17) is 0 Å². The predicted molar refractivity (Wildman–Crippen MR) is 114 cm³/mol. The molecule has 1 N–H and O–H groups in total. The van der Waals surface area contributed by atoms with Crippen LogP contribution in [-0.2, 0) is 16.8 Å². The fourth-order valence-corrected chi connectivity index (χ4v) is 5.49. The molecule has 1 saturated carbocycles. The minimum Gasteiger partial charge on any atom is -0.355 e. The van der Waals surface area contributed by atoms with Gasteiger partial charge in [0.1, 0.15) is 5.82 Å². The van der Waals surface area contributed by atoms with E-state index in [9.17, 15) is 9.18 Å². The molecular weight excluding hydrogens is 385 g/mol. The van der Waals surface area contributed by atoms with E-state index in [1.807, 2.05) is 19.1 Å². The molecule has 156 valence electrons. The maximum atomic E-state index is 13.3. The first-order chi connectivity index (χ1) is 14.0. The molecule has 29 heavy (non-hydrogen) atoms. The van der Waals surface area contributed by atoms with Crippen LogP contribution in [0.3, 0.4) is 0 Å². The van der Waals surface area contributed by atoms with E-state index < -0.39 is 0 Å². The van der Waals surface area contributed by atoms with Crippen LogP contribution in [0, 0.1) is 18.7 Å². The number of amides is 1. The van der Waals surface area contributed by atoms with Crippen molar-refractivity contribution in [2.75, 3.05) is 19.6 Å². The zero-order valence-electron chi connectivity index (χ0n) is 17.1. The molecule has 2 aliphatic rings. The van der Waals surface area contributed by atoms with Gasteiger partial charge < -0.3 is 5.32 Å². The molecule has 4 nitrogen and oxygen atoms in total. The summed E-state index contributed by atoms with van der Waals surface area (Å²) in [6.07, 6.45) is 6.26. The Hall–Kier alpha value is -1.79. The number of nitrogens with zero attached hydrogens (tertiary/aromatic N) is 2. The van der Waals surface area contributed by atoms with Gasteiger partial charge in [0.25, 0.3) is 0 Å². The minimum atomic E-state index is -0.203. The quantitative estimate of drug-likeness (QED) is 0.759. The first-order valence-electron chi connectivity index (χ1n) is 10.7. The molecule has 1 aliphatic heterocycles. The predicted octanol–water partition coefficient (Wildman–Crippen LogP) is 4.43. The summed E-state index contributed by atoms with van der Waals surface area (Å²) in [5.41, 5.74) is 2.26. The van der Waals surface area contributed by atoms with E-state index in [2.05, 4.69) is 20.6 Å². The highest BCUT2D eigenvalue weighted by atomic mass is 32.1. The van der Waals surface area contributed by atoms with Crippen molar-refractivity contribution in [3.8, 4) is 0 Å². The third-order valence-electron chi connectivity index (χ3n) is 6.63. The van der Waals surface area contributed by atoms with Gasteiger partial charge in [0.2, 0.25) is 5.91 Å². The number of carbonyl (C=O) groups excluding carboxylic acids is 1. The Morgan fingerprint density at radius 2 is 1.93 bits per heavy atom. The SMILES string of the molecule is Cc1nc(CN2CCC(C(=O)NCC3(c4ccc(F)cc4)CCCC3)CC2)cs1. The Labute approximate surface area is 176 Å². The van der Waals surface area contributed by atoms with Crippen LogP contribution in [0.4, 0.5) is 4.39 Å². The van der Waals surface area contributed by atoms with Crippen LogP contribution in [0.15, 0.2) is 29.6 Å². The number of benzene rings is 1. The van der Waals surface area contributed by atoms with Crippen LogP contribution in [0.2, 0.25) is 0 Å². The average molecular weight is 416 g/mol. The van der Waals surface area contributed by atoms with E-state index in [1.165, 1.54) is 25.0 Å². The standard InChI is InChI=1S/C23H30FN3OS/c1-17-26-21(15-29-17)14-27-12-8-18(9-13-27)22(28)25-16-23(10-2-3-11-23)19-4-6-20(24)7-5-19/h4-7,15,18H,2-3,8-14,16H2,1H3,(H,25,28). The van der Waals surface area contributed by atoms with E-state index in [-0.39, 0.29) is 23.1 Å². The maximum Gasteiger partial charge on any atom is 0.223 e. The van der Waals surface area contributed by atoms with Gasteiger partial charge in [-0.15, -0.1) is 11.3 Å². The summed E-state index contributed by atoms with van der Waals surface area (Å²) in [5.74, 6) is 0.0723. The van der Waals surface area contributed by atoms with Gasteiger partial charge in [-0.2, -0.15) is 0 Å². The molecule has 0 radical (unpaired) electrons. The summed E-state index contributed by atoms with van der Waals surface area (Å²) in [7, 11) is 0. The molecule has 1 saturated heterocycles. The number of likely N-dealkylation sites (tertiary alicyclic amines) is 1. The number of hydrogen-bond acceptors (Lipinski definition) is 4. The zero-order chi connectivity index (χ0) is 20.3. The summed E-state index contributed by atoms with van der Waals surface area (Å²) < 4.78 is 13.3. The Balaban J connectivity index is 1.29. The summed E-state index contributed by atoms with van der Waals surface area (Å²) in [4.78, 5) is 19.8. The van der Waals surface area contributed by atoms with Gasteiger partial charge in [0.05, 0.1) is 10.7 Å². The summed E-state index contributed by atoms with van der Waals surface area (Å²) in [6, 6.07) is 6.87. The van der Waals surface area contributed by atoms with Crippen molar-refractivity contribution in [1.29, 1.82) is 0 Å². The fourth-order valence-electron chi connectivity index (χ4n) is 4.89. The monoisotopic (exact) mass is 415 g/mol. The van der Waals surface area contributed by atoms with Crippen molar-refractivity contribution in [2.45, 2.75) is 57.4 Å². The second kappa shape index (κ2) is 8.92. The molecule has 1 aromatic heterocycles. The molecule has 0 atom stereocenters. The summed E-state index contributed by atoms with van der Waals surface area (Å²) in [5, 5.41) is 6.49. The molecule has 1 aliphatic carbocycles. The van der Waals surface area contributed by atoms with Crippen molar-refractivity contribution in [3.63, 3.8) is 0 Å². The van der Waals surface area contributed by atoms with Crippen LogP contribution in [0.25, 0.3) is 0 Å². The number of thiazole rings is 1. The number of nitrogens with one attached hydrogen (secondary N) is 1. The van der Waals surface area contributed by atoms with Gasteiger partial charge in [-0.25, -0.2) is 9.37 Å². The molecule has 0 unspecified atom stereocenters. The van der Waals surface area contributed by atoms with Crippen molar-refractivity contribution < 1.29 is 9.18 Å². The Morgan fingerprint density at radius 1 is 1.24 bits per heavy atom. The van der Waals surface area contributed by atoms with Crippen molar-refractivity contribution in [1.82, 2.24) is 15.2 Å². The molecule has 2 fully saturated rings. The average Bonchev–Trinajstić information content (AvgIpc) is 3.37. The van der Waals surface area contributed by atoms with Gasteiger partial charge in [0, 0.05) is 29.8 Å². The van der Waals surface area contributed by atoms with Crippen LogP contribution in [0.5, 0.6) is 0 Å². The number of halogens is 1. The lowest BCUT2D eigenvalue weighted by molar-refractivity contribution is -0.126. The zero-order valence-corrected chi connectivity index (χ0v) is 17.9. The second-order valence-electron chi connectivity index (χ2n) is 8.62. The first-order valence-corrected chi connectivity index (χ1v) is 11.6. The summed E-state index contributed by atoms with van der Waals surface area (Å²) in [6.45, 7) is 5.46. The number of piperidine rings is 1. The smallest absolute Gasteiger partial charge is 0.223 e. The summed E-state index contributed by atoms with van der Waals surface area (Å²) >= 11 is 1.69. The molecule has 2 heterocycles.